The molecule has 2 aliphatic rings. The molecule has 3 heterocycles. The van der Waals surface area contributed by atoms with Gasteiger partial charge in [0.1, 0.15) is 12.4 Å². The highest BCUT2D eigenvalue weighted by atomic mass is 19.1. The van der Waals surface area contributed by atoms with Crippen LogP contribution in [-0.4, -0.2) is 59.6 Å². The van der Waals surface area contributed by atoms with Gasteiger partial charge in [0, 0.05) is 32.9 Å². The first-order valence-corrected chi connectivity index (χ1v) is 6.84. The van der Waals surface area contributed by atoms with E-state index in [2.05, 4.69) is 9.88 Å². The van der Waals surface area contributed by atoms with E-state index >= 15 is 0 Å². The first-order valence-electron chi connectivity index (χ1n) is 6.84. The number of piperidine rings is 1. The number of ether oxygens (including phenoxy) is 1. The molecule has 2 atom stereocenters. The summed E-state index contributed by atoms with van der Waals surface area (Å²) in [5, 5.41) is 0. The lowest BCUT2D eigenvalue weighted by Crippen LogP contribution is -2.60. The molecule has 2 fully saturated rings. The molecule has 3 rings (SSSR count). The zero-order valence-corrected chi connectivity index (χ0v) is 11.5. The van der Waals surface area contributed by atoms with Crippen molar-refractivity contribution >= 4 is 5.91 Å². The maximum absolute atomic E-state index is 13.6. The number of rotatable bonds is 2. The summed E-state index contributed by atoms with van der Waals surface area (Å²) in [6.45, 7) is 2.17. The Kier molecular flexibility index (Phi) is 3.67. The maximum Gasteiger partial charge on any atom is 0.248 e. The summed E-state index contributed by atoms with van der Waals surface area (Å²) in [7, 11) is 1.81. The number of carbonyl (C=O) groups excluding carboxylic acids is 1. The minimum Gasteiger partial charge on any atom is -0.366 e. The molecular formula is C14H18FN3O2. The molecule has 0 N–H and O–H groups in total. The smallest absolute Gasteiger partial charge is 0.248 e. The normalized spacial score (nSPS) is 27.5. The molecule has 0 radical (unpaired) electrons. The van der Waals surface area contributed by atoms with Gasteiger partial charge in [-0.05, 0) is 18.6 Å². The monoisotopic (exact) mass is 279 g/mol. The number of nitrogens with zero attached hydrogens (tertiary/aromatic N) is 3. The van der Waals surface area contributed by atoms with E-state index in [0.717, 1.165) is 13.0 Å². The molecule has 108 valence electrons. The molecular weight excluding hydrogens is 261 g/mol. The fraction of sp³-hybridized carbons (Fsp3) is 0.571. The Morgan fingerprint density at radius 3 is 3.20 bits per heavy atom. The van der Waals surface area contributed by atoms with E-state index in [1.807, 2.05) is 7.05 Å². The number of likely N-dealkylation sites (N-methyl/N-ethyl adjacent to an activating group) is 1. The van der Waals surface area contributed by atoms with Crippen molar-refractivity contribution in [2.24, 2.45) is 0 Å². The van der Waals surface area contributed by atoms with Crippen LogP contribution in [0.4, 0.5) is 4.39 Å². The maximum atomic E-state index is 13.6. The van der Waals surface area contributed by atoms with E-state index in [4.69, 9.17) is 4.74 Å². The van der Waals surface area contributed by atoms with Crippen LogP contribution in [0.1, 0.15) is 12.1 Å². The second kappa shape index (κ2) is 5.46. The summed E-state index contributed by atoms with van der Waals surface area (Å²) >= 11 is 0. The van der Waals surface area contributed by atoms with Gasteiger partial charge < -0.3 is 9.64 Å². The van der Waals surface area contributed by atoms with Crippen LogP contribution in [-0.2, 0) is 16.1 Å². The first kappa shape index (κ1) is 13.5. The lowest BCUT2D eigenvalue weighted by Gasteiger charge is -2.45. The predicted molar refractivity (Wildman–Crippen MR) is 70.4 cm³/mol. The van der Waals surface area contributed by atoms with Crippen molar-refractivity contribution in [1.82, 2.24) is 14.8 Å². The number of hydrogen-bond acceptors (Lipinski definition) is 4. The molecule has 0 bridgehead atoms. The molecule has 1 aromatic heterocycles. The molecule has 0 unspecified atom stereocenters. The van der Waals surface area contributed by atoms with Crippen molar-refractivity contribution < 1.29 is 13.9 Å². The topological polar surface area (TPSA) is 45.7 Å². The lowest BCUT2D eigenvalue weighted by atomic mass is 9.99. The van der Waals surface area contributed by atoms with Gasteiger partial charge in [0.25, 0.3) is 0 Å². The average molecular weight is 279 g/mol. The van der Waals surface area contributed by atoms with Gasteiger partial charge in [-0.3, -0.25) is 14.7 Å². The summed E-state index contributed by atoms with van der Waals surface area (Å²) < 4.78 is 19.2. The van der Waals surface area contributed by atoms with Gasteiger partial charge in [-0.25, -0.2) is 4.39 Å². The van der Waals surface area contributed by atoms with Crippen LogP contribution in [0.3, 0.4) is 0 Å². The summed E-state index contributed by atoms with van der Waals surface area (Å²) in [6, 6.07) is 3.07. The fourth-order valence-corrected chi connectivity index (χ4v) is 2.90. The van der Waals surface area contributed by atoms with Gasteiger partial charge in [-0.1, -0.05) is 0 Å². The predicted octanol–water partition coefficient (Wildman–Crippen LogP) is 0.652. The van der Waals surface area contributed by atoms with Crippen LogP contribution in [0.2, 0.25) is 0 Å². The number of hydrogen-bond donors (Lipinski definition) is 0. The van der Waals surface area contributed by atoms with Crippen LogP contribution in [0, 0.1) is 5.82 Å². The molecule has 1 amide bonds. The highest BCUT2D eigenvalue weighted by Gasteiger charge is 2.38. The third-order valence-electron chi connectivity index (χ3n) is 4.12. The summed E-state index contributed by atoms with van der Waals surface area (Å²) in [6.07, 6.45) is 2.56. The SMILES string of the molecule is CN1C(=O)CO[C@@H]2CCN(Cc3ncccc3F)C[C@@H]21. The van der Waals surface area contributed by atoms with Crippen LogP contribution >= 0.6 is 0 Å². The van der Waals surface area contributed by atoms with E-state index < -0.39 is 0 Å². The van der Waals surface area contributed by atoms with E-state index in [1.54, 1.807) is 17.2 Å². The van der Waals surface area contributed by atoms with Gasteiger partial charge in [0.05, 0.1) is 17.8 Å². The van der Waals surface area contributed by atoms with E-state index in [1.165, 1.54) is 6.07 Å². The molecule has 2 aliphatic heterocycles. The van der Waals surface area contributed by atoms with E-state index in [-0.39, 0.29) is 30.5 Å². The molecule has 0 spiro atoms. The van der Waals surface area contributed by atoms with Crippen molar-refractivity contribution in [1.29, 1.82) is 0 Å². The standard InChI is InChI=1S/C14H18FN3O2/c1-17-12-8-18(6-4-13(12)20-9-14(17)19)7-11-10(15)3-2-5-16-11/h2-3,5,12-13H,4,6-9H2,1H3/t12-,13+/m0/s1. The Morgan fingerprint density at radius 2 is 2.40 bits per heavy atom. The summed E-state index contributed by atoms with van der Waals surface area (Å²) in [5.41, 5.74) is 0.455. The van der Waals surface area contributed by atoms with Crippen molar-refractivity contribution in [3.63, 3.8) is 0 Å². The Bertz CT molecular complexity index is 511. The molecule has 2 saturated heterocycles. The second-order valence-corrected chi connectivity index (χ2v) is 5.38. The van der Waals surface area contributed by atoms with Crippen LogP contribution < -0.4 is 0 Å². The zero-order valence-electron chi connectivity index (χ0n) is 11.5. The Labute approximate surface area is 117 Å². The molecule has 6 heteroatoms. The van der Waals surface area contributed by atoms with Crippen molar-refractivity contribution in [2.45, 2.75) is 25.1 Å². The van der Waals surface area contributed by atoms with Gasteiger partial charge in [0.2, 0.25) is 5.91 Å². The van der Waals surface area contributed by atoms with Gasteiger partial charge >= 0.3 is 0 Å². The van der Waals surface area contributed by atoms with Gasteiger partial charge in [-0.15, -0.1) is 0 Å². The number of aromatic nitrogens is 1. The highest BCUT2D eigenvalue weighted by molar-refractivity contribution is 5.78. The zero-order chi connectivity index (χ0) is 14.1. The minimum absolute atomic E-state index is 0.0112. The Balaban J connectivity index is 1.68. The largest absolute Gasteiger partial charge is 0.366 e. The van der Waals surface area contributed by atoms with Crippen LogP contribution in [0.25, 0.3) is 0 Å². The Morgan fingerprint density at radius 1 is 1.55 bits per heavy atom. The van der Waals surface area contributed by atoms with Crippen molar-refractivity contribution in [3.05, 3.63) is 29.8 Å². The number of pyridine rings is 1. The number of morpholine rings is 1. The van der Waals surface area contributed by atoms with E-state index in [9.17, 15) is 9.18 Å². The second-order valence-electron chi connectivity index (χ2n) is 5.38. The molecule has 0 aromatic carbocycles. The van der Waals surface area contributed by atoms with Gasteiger partial charge in [0.15, 0.2) is 0 Å². The van der Waals surface area contributed by atoms with E-state index in [0.29, 0.717) is 18.8 Å². The quantitative estimate of drug-likeness (QED) is 0.797. The molecule has 5 nitrogen and oxygen atoms in total. The van der Waals surface area contributed by atoms with Crippen molar-refractivity contribution in [2.75, 3.05) is 26.7 Å². The average Bonchev–Trinajstić information content (AvgIpc) is 2.46. The third-order valence-corrected chi connectivity index (χ3v) is 4.12. The van der Waals surface area contributed by atoms with Crippen LogP contribution in [0.15, 0.2) is 18.3 Å². The summed E-state index contributed by atoms with van der Waals surface area (Å²) in [5.74, 6) is -0.268. The van der Waals surface area contributed by atoms with Gasteiger partial charge in [-0.2, -0.15) is 0 Å². The number of carbonyl (C=O) groups is 1. The number of amides is 1. The van der Waals surface area contributed by atoms with Crippen molar-refractivity contribution in [3.8, 4) is 0 Å². The third kappa shape index (κ3) is 2.53. The Hall–Kier alpha value is -1.53. The minimum atomic E-state index is -0.279. The number of fused-ring (bicyclic) bond motifs is 1. The number of likely N-dealkylation sites (tertiary alicyclic amines) is 1. The summed E-state index contributed by atoms with van der Waals surface area (Å²) in [4.78, 5) is 19.6. The highest BCUT2D eigenvalue weighted by Crippen LogP contribution is 2.23. The molecule has 0 saturated carbocycles. The first-order chi connectivity index (χ1) is 9.65. The van der Waals surface area contributed by atoms with Crippen LogP contribution in [0.5, 0.6) is 0 Å². The fourth-order valence-electron chi connectivity index (χ4n) is 2.90. The molecule has 20 heavy (non-hydrogen) atoms. The number of halogens is 1. The molecule has 1 aromatic rings. The molecule has 0 aliphatic carbocycles. The lowest BCUT2D eigenvalue weighted by molar-refractivity contribution is -0.160.